The van der Waals surface area contributed by atoms with E-state index < -0.39 is 0 Å². The molecule has 49 heavy (non-hydrogen) atoms. The van der Waals surface area contributed by atoms with Crippen LogP contribution in [0.15, 0.2) is 79.0 Å². The number of hydrogen-bond donors (Lipinski definition) is 1. The van der Waals surface area contributed by atoms with Gasteiger partial charge in [-0.05, 0) is 110 Å². The van der Waals surface area contributed by atoms with E-state index in [0.717, 1.165) is 59.4 Å². The lowest BCUT2D eigenvalue weighted by Crippen LogP contribution is -2.41. The zero-order valence-electron chi connectivity index (χ0n) is 28.2. The molecule has 8 nitrogen and oxygen atoms in total. The Kier molecular flexibility index (Phi) is 13.6. The molecule has 0 aliphatic heterocycles. The molecule has 260 valence electrons. The summed E-state index contributed by atoms with van der Waals surface area (Å²) in [6, 6.07) is 23.7. The number of rotatable bonds is 19. The van der Waals surface area contributed by atoms with Gasteiger partial charge in [0.05, 0.1) is 21.7 Å². The maximum atomic E-state index is 14.0. The lowest BCUT2D eigenvalue weighted by molar-refractivity contribution is -0.136. The number of nitrogens with zero attached hydrogens (tertiary/aromatic N) is 2. The van der Waals surface area contributed by atoms with Crippen LogP contribution in [-0.4, -0.2) is 55.3 Å². The van der Waals surface area contributed by atoms with Crippen LogP contribution in [-0.2, 0) is 35.5 Å². The van der Waals surface area contributed by atoms with Gasteiger partial charge in [-0.2, -0.15) is 0 Å². The SMILES string of the molecule is COCCCc1cc(CN(C(=O)C(CN)Cc2ccc(OCCOc3c(Cl)cc(C)cc3Cl)cc2)C2CC2)cc(OCc2ccccn2)c1. The van der Waals surface area contributed by atoms with E-state index in [4.69, 9.17) is 47.9 Å². The molecule has 2 N–H and O–H groups in total. The Morgan fingerprint density at radius 2 is 1.63 bits per heavy atom. The van der Waals surface area contributed by atoms with E-state index in [-0.39, 0.29) is 24.4 Å². The maximum Gasteiger partial charge on any atom is 0.227 e. The van der Waals surface area contributed by atoms with Crippen LogP contribution in [0.3, 0.4) is 0 Å². The van der Waals surface area contributed by atoms with E-state index in [1.807, 2.05) is 72.5 Å². The topological polar surface area (TPSA) is 96.1 Å². The second-order valence-electron chi connectivity index (χ2n) is 12.4. The third-order valence-corrected chi connectivity index (χ3v) is 8.92. The average molecular weight is 707 g/mol. The Balaban J connectivity index is 1.19. The summed E-state index contributed by atoms with van der Waals surface area (Å²) in [6.45, 7) is 4.36. The van der Waals surface area contributed by atoms with Gasteiger partial charge in [-0.1, -0.05) is 47.5 Å². The molecule has 5 rings (SSSR count). The number of benzene rings is 3. The highest BCUT2D eigenvalue weighted by Gasteiger charge is 2.35. The van der Waals surface area contributed by atoms with Gasteiger partial charge in [0.1, 0.15) is 31.3 Å². The first-order valence-corrected chi connectivity index (χ1v) is 17.5. The summed E-state index contributed by atoms with van der Waals surface area (Å²) in [6.07, 6.45) is 6.05. The minimum atomic E-state index is -0.338. The third-order valence-electron chi connectivity index (χ3n) is 8.36. The minimum absolute atomic E-state index is 0.0802. The van der Waals surface area contributed by atoms with E-state index in [0.29, 0.717) is 60.9 Å². The summed E-state index contributed by atoms with van der Waals surface area (Å²) in [5, 5.41) is 0.945. The van der Waals surface area contributed by atoms with Gasteiger partial charge < -0.3 is 29.6 Å². The second-order valence-corrected chi connectivity index (χ2v) is 13.2. The van der Waals surface area contributed by atoms with Crippen molar-refractivity contribution >= 4 is 29.1 Å². The molecule has 10 heteroatoms. The Labute approximate surface area is 299 Å². The van der Waals surface area contributed by atoms with E-state index in [1.54, 1.807) is 13.3 Å². The molecule has 1 atom stereocenters. The second kappa shape index (κ2) is 18.3. The summed E-state index contributed by atoms with van der Waals surface area (Å²) >= 11 is 12.5. The third kappa shape index (κ3) is 11.1. The molecular formula is C39H45Cl2N3O5. The van der Waals surface area contributed by atoms with Crippen molar-refractivity contribution in [2.24, 2.45) is 11.7 Å². The Morgan fingerprint density at radius 3 is 2.31 bits per heavy atom. The number of aryl methyl sites for hydroxylation is 2. The maximum absolute atomic E-state index is 14.0. The minimum Gasteiger partial charge on any atom is -0.490 e. The highest BCUT2D eigenvalue weighted by atomic mass is 35.5. The number of halogens is 2. The van der Waals surface area contributed by atoms with Crippen molar-refractivity contribution in [3.05, 3.63) is 117 Å². The lowest BCUT2D eigenvalue weighted by atomic mass is 9.97. The summed E-state index contributed by atoms with van der Waals surface area (Å²) < 4.78 is 23.1. The number of carbonyl (C=O) groups excluding carboxylic acids is 1. The number of carbonyl (C=O) groups is 1. The Bertz CT molecular complexity index is 1630. The van der Waals surface area contributed by atoms with E-state index in [2.05, 4.69) is 17.1 Å². The van der Waals surface area contributed by atoms with Crippen LogP contribution in [0, 0.1) is 12.8 Å². The van der Waals surface area contributed by atoms with Crippen molar-refractivity contribution in [1.29, 1.82) is 0 Å². The zero-order chi connectivity index (χ0) is 34.6. The quantitative estimate of drug-likeness (QED) is 0.100. The average Bonchev–Trinajstić information content (AvgIpc) is 3.94. The summed E-state index contributed by atoms with van der Waals surface area (Å²) in [4.78, 5) is 20.4. The number of aromatic nitrogens is 1. The van der Waals surface area contributed by atoms with Gasteiger partial charge in [0, 0.05) is 39.0 Å². The fourth-order valence-corrected chi connectivity index (χ4v) is 6.42. The molecule has 0 saturated heterocycles. The van der Waals surface area contributed by atoms with Crippen molar-refractivity contribution in [1.82, 2.24) is 9.88 Å². The van der Waals surface area contributed by atoms with Crippen molar-refractivity contribution in [2.45, 2.75) is 58.2 Å². The molecule has 1 unspecified atom stereocenters. The van der Waals surface area contributed by atoms with Crippen LogP contribution in [0.4, 0.5) is 0 Å². The van der Waals surface area contributed by atoms with Crippen LogP contribution in [0.25, 0.3) is 0 Å². The summed E-state index contributed by atoms with van der Waals surface area (Å²) in [5.74, 6) is 1.67. The molecule has 1 amide bonds. The zero-order valence-corrected chi connectivity index (χ0v) is 29.7. The van der Waals surface area contributed by atoms with E-state index >= 15 is 0 Å². The molecule has 1 aliphatic carbocycles. The first kappa shape index (κ1) is 36.5. The lowest BCUT2D eigenvalue weighted by Gasteiger charge is -2.27. The fourth-order valence-electron chi connectivity index (χ4n) is 5.72. The summed E-state index contributed by atoms with van der Waals surface area (Å²) in [7, 11) is 1.71. The fraction of sp³-hybridized carbons (Fsp3) is 0.385. The van der Waals surface area contributed by atoms with E-state index in [1.165, 1.54) is 0 Å². The number of ether oxygens (including phenoxy) is 4. The molecule has 1 aliphatic rings. The number of methoxy groups -OCH3 is 1. The molecule has 4 aromatic rings. The molecular weight excluding hydrogens is 661 g/mol. The summed E-state index contributed by atoms with van der Waals surface area (Å²) in [5.41, 5.74) is 11.3. The van der Waals surface area contributed by atoms with Crippen LogP contribution in [0.5, 0.6) is 17.2 Å². The predicted octanol–water partition coefficient (Wildman–Crippen LogP) is 7.62. The molecule has 1 saturated carbocycles. The standard InChI is InChI=1S/C39H45Cl2N3O5/c1-27-18-36(40)38(37(41)19-27)48-17-16-47-34-12-8-28(9-13-34)21-31(24-42)39(45)44(33-10-11-33)25-30-20-29(6-5-15-46-2)22-35(23-30)49-26-32-7-3-4-14-43-32/h3-4,7-9,12-14,18-20,22-23,31,33H,5-6,10-11,15-17,21,24-26,42H2,1-2H3. The first-order chi connectivity index (χ1) is 23.8. The van der Waals surface area contributed by atoms with Gasteiger partial charge in [-0.3, -0.25) is 9.78 Å². The van der Waals surface area contributed by atoms with Gasteiger partial charge in [-0.15, -0.1) is 0 Å². The highest BCUT2D eigenvalue weighted by molar-refractivity contribution is 6.37. The van der Waals surface area contributed by atoms with Crippen LogP contribution >= 0.6 is 23.2 Å². The number of hydrogen-bond acceptors (Lipinski definition) is 7. The first-order valence-electron chi connectivity index (χ1n) is 16.8. The monoisotopic (exact) mass is 705 g/mol. The predicted molar refractivity (Wildman–Crippen MR) is 194 cm³/mol. The molecule has 1 heterocycles. The largest absolute Gasteiger partial charge is 0.490 e. The highest BCUT2D eigenvalue weighted by Crippen LogP contribution is 2.34. The molecule has 0 spiro atoms. The van der Waals surface area contributed by atoms with Gasteiger partial charge in [0.2, 0.25) is 5.91 Å². The van der Waals surface area contributed by atoms with Crippen LogP contribution in [0.2, 0.25) is 10.0 Å². The van der Waals surface area contributed by atoms with Crippen molar-refractivity contribution in [2.75, 3.05) is 33.5 Å². The molecule has 1 fully saturated rings. The van der Waals surface area contributed by atoms with Gasteiger partial charge >= 0.3 is 0 Å². The molecule has 1 aromatic heterocycles. The Hall–Kier alpha value is -3.82. The van der Waals surface area contributed by atoms with Gasteiger partial charge in [-0.25, -0.2) is 0 Å². The Morgan fingerprint density at radius 1 is 0.898 bits per heavy atom. The van der Waals surface area contributed by atoms with E-state index in [9.17, 15) is 4.79 Å². The van der Waals surface area contributed by atoms with Gasteiger partial charge in [0.15, 0.2) is 5.75 Å². The smallest absolute Gasteiger partial charge is 0.227 e. The van der Waals surface area contributed by atoms with Crippen molar-refractivity contribution in [3.63, 3.8) is 0 Å². The van der Waals surface area contributed by atoms with Crippen LogP contribution in [0.1, 0.15) is 47.2 Å². The normalized spacial score (nSPS) is 13.2. The number of amides is 1. The van der Waals surface area contributed by atoms with Gasteiger partial charge in [0.25, 0.3) is 0 Å². The van der Waals surface area contributed by atoms with Crippen LogP contribution < -0.4 is 19.9 Å². The molecule has 3 aromatic carbocycles. The molecule has 0 bridgehead atoms. The molecule has 0 radical (unpaired) electrons. The van der Waals surface area contributed by atoms with Crippen molar-refractivity contribution < 1.29 is 23.7 Å². The van der Waals surface area contributed by atoms with Crippen molar-refractivity contribution in [3.8, 4) is 17.2 Å². The number of pyridine rings is 1. The number of nitrogens with two attached hydrogens (primary N) is 1.